The van der Waals surface area contributed by atoms with Crippen molar-refractivity contribution in [2.24, 2.45) is 0 Å². The maximum atomic E-state index is 6.63. The molecule has 18 heavy (non-hydrogen) atoms. The normalized spacial score (nSPS) is 29.6. The lowest BCUT2D eigenvalue weighted by atomic mass is 11.2. The summed E-state index contributed by atoms with van der Waals surface area (Å²) in [6.45, 7) is 26.8. The van der Waals surface area contributed by atoms with E-state index in [9.17, 15) is 0 Å². The van der Waals surface area contributed by atoms with Gasteiger partial charge in [0.15, 0.2) is 33.3 Å². The third-order valence-electron chi connectivity index (χ3n) is 3.93. The molecule has 0 aromatic heterocycles. The number of hydrogen-bond donors (Lipinski definition) is 0. The highest BCUT2D eigenvalue weighted by Gasteiger charge is 2.52. The van der Waals surface area contributed by atoms with Crippen molar-refractivity contribution in [2.75, 3.05) is 0 Å². The first-order valence-electron chi connectivity index (χ1n) is 6.52. The van der Waals surface area contributed by atoms with Gasteiger partial charge in [-0.1, -0.05) is 0 Å². The van der Waals surface area contributed by atoms with Crippen LogP contribution in [-0.2, 0) is 8.23 Å². The van der Waals surface area contributed by atoms with Crippen molar-refractivity contribution in [3.8, 4) is 0 Å². The predicted molar refractivity (Wildman–Crippen MR) is 90.4 cm³/mol. The standard InChI is InChI=1S/C12H28O2Si4/c1-11-15(3,4)13-17(7,8)12(2)18(9,10)14-16(11,5)6/h1-2H2,3-10H3. The Labute approximate surface area is 117 Å². The first-order valence-corrected chi connectivity index (χ1v) is 18.2. The smallest absolute Gasteiger partial charge is 0.199 e. The van der Waals surface area contributed by atoms with Gasteiger partial charge in [-0.05, 0) is 62.0 Å². The van der Waals surface area contributed by atoms with Gasteiger partial charge in [0.25, 0.3) is 0 Å². The Morgan fingerprint density at radius 1 is 0.556 bits per heavy atom. The summed E-state index contributed by atoms with van der Waals surface area (Å²) in [5.74, 6) is 0. The molecule has 1 rings (SSSR count). The summed E-state index contributed by atoms with van der Waals surface area (Å²) in [6.07, 6.45) is 0. The molecule has 1 heterocycles. The molecule has 0 atom stereocenters. The van der Waals surface area contributed by atoms with Crippen LogP contribution in [0, 0.1) is 0 Å². The van der Waals surface area contributed by atoms with E-state index < -0.39 is 33.3 Å². The molecule has 0 aliphatic carbocycles. The molecule has 0 radical (unpaired) electrons. The molecule has 0 saturated carbocycles. The zero-order valence-electron chi connectivity index (χ0n) is 13.2. The summed E-state index contributed by atoms with van der Waals surface area (Å²) >= 11 is 0. The number of hydrogen-bond acceptors (Lipinski definition) is 2. The summed E-state index contributed by atoms with van der Waals surface area (Å²) in [5.41, 5.74) is 0. The van der Waals surface area contributed by atoms with E-state index in [1.807, 2.05) is 0 Å². The second-order valence-corrected chi connectivity index (χ2v) is 24.3. The molecule has 0 aromatic carbocycles. The number of rotatable bonds is 0. The third-order valence-corrected chi connectivity index (χ3v) is 25.1. The maximum Gasteiger partial charge on any atom is 0.199 e. The molecular formula is C12H28O2Si4. The lowest BCUT2D eigenvalue weighted by Crippen LogP contribution is -2.63. The summed E-state index contributed by atoms with van der Waals surface area (Å²) < 4.78 is 13.3. The molecule has 0 amide bonds. The van der Waals surface area contributed by atoms with Gasteiger partial charge in [-0.2, -0.15) is 0 Å². The summed E-state index contributed by atoms with van der Waals surface area (Å²) in [4.78, 5) is 2.59. The van der Waals surface area contributed by atoms with Crippen LogP contribution in [0.5, 0.6) is 0 Å². The fraction of sp³-hybridized carbons (Fsp3) is 0.667. The van der Waals surface area contributed by atoms with Crippen LogP contribution in [-0.4, -0.2) is 33.3 Å². The first-order chi connectivity index (χ1) is 7.72. The van der Waals surface area contributed by atoms with Crippen LogP contribution in [0.15, 0.2) is 22.8 Å². The van der Waals surface area contributed by atoms with Crippen molar-refractivity contribution in [2.45, 2.75) is 52.4 Å². The van der Waals surface area contributed by atoms with Gasteiger partial charge in [0.1, 0.15) is 0 Å². The Bertz CT molecular complexity index is 327. The molecule has 0 bridgehead atoms. The Balaban J connectivity index is 3.34. The molecule has 1 saturated heterocycles. The minimum absolute atomic E-state index is 1.30. The molecule has 0 unspecified atom stereocenters. The van der Waals surface area contributed by atoms with Crippen LogP contribution in [0.2, 0.25) is 52.4 Å². The highest BCUT2D eigenvalue weighted by molar-refractivity contribution is 7.12. The third kappa shape index (κ3) is 2.88. The molecule has 2 nitrogen and oxygen atoms in total. The fourth-order valence-electron chi connectivity index (χ4n) is 2.97. The zero-order valence-corrected chi connectivity index (χ0v) is 17.2. The SMILES string of the molecule is C=C1[Si](C)(C)O[Si](C)(C)C(=C)[Si](C)(C)O[Si]1(C)C. The van der Waals surface area contributed by atoms with Crippen LogP contribution < -0.4 is 0 Å². The van der Waals surface area contributed by atoms with Crippen LogP contribution in [0.1, 0.15) is 0 Å². The molecular weight excluding hydrogens is 288 g/mol. The van der Waals surface area contributed by atoms with Gasteiger partial charge in [0.05, 0.1) is 0 Å². The molecule has 104 valence electrons. The highest BCUT2D eigenvalue weighted by atomic mass is 28.5. The van der Waals surface area contributed by atoms with Crippen molar-refractivity contribution >= 4 is 33.3 Å². The van der Waals surface area contributed by atoms with E-state index in [1.165, 1.54) is 9.64 Å². The van der Waals surface area contributed by atoms with Crippen molar-refractivity contribution in [1.29, 1.82) is 0 Å². The average Bonchev–Trinajstić information content (AvgIpc) is 2.10. The Morgan fingerprint density at radius 2 is 0.722 bits per heavy atom. The largest absolute Gasteiger partial charge is 0.449 e. The van der Waals surface area contributed by atoms with E-state index in [1.54, 1.807) is 0 Å². The van der Waals surface area contributed by atoms with Gasteiger partial charge in [0, 0.05) is 0 Å². The minimum Gasteiger partial charge on any atom is -0.449 e. The molecule has 6 heteroatoms. The minimum atomic E-state index is -1.89. The van der Waals surface area contributed by atoms with E-state index in [4.69, 9.17) is 8.23 Å². The van der Waals surface area contributed by atoms with Gasteiger partial charge in [-0.25, -0.2) is 0 Å². The molecule has 0 spiro atoms. The van der Waals surface area contributed by atoms with Gasteiger partial charge < -0.3 is 8.23 Å². The average molecular weight is 317 g/mol. The molecule has 0 N–H and O–H groups in total. The monoisotopic (exact) mass is 316 g/mol. The van der Waals surface area contributed by atoms with Gasteiger partial charge in [0.2, 0.25) is 0 Å². The van der Waals surface area contributed by atoms with Gasteiger partial charge >= 0.3 is 0 Å². The zero-order chi connectivity index (χ0) is 14.6. The summed E-state index contributed by atoms with van der Waals surface area (Å²) in [5, 5.41) is 0. The molecule has 1 aliphatic rings. The maximum absolute atomic E-state index is 6.63. The van der Waals surface area contributed by atoms with Crippen molar-refractivity contribution in [3.63, 3.8) is 0 Å². The second kappa shape index (κ2) is 4.39. The summed E-state index contributed by atoms with van der Waals surface area (Å²) in [6, 6.07) is 0. The summed E-state index contributed by atoms with van der Waals surface area (Å²) in [7, 11) is -7.54. The molecule has 1 aliphatic heterocycles. The van der Waals surface area contributed by atoms with E-state index in [0.717, 1.165) is 0 Å². The van der Waals surface area contributed by atoms with E-state index >= 15 is 0 Å². The Hall–Kier alpha value is 0.268. The first kappa shape index (κ1) is 16.3. The van der Waals surface area contributed by atoms with Crippen molar-refractivity contribution < 1.29 is 8.23 Å². The van der Waals surface area contributed by atoms with Crippen LogP contribution in [0.4, 0.5) is 0 Å². The lowest BCUT2D eigenvalue weighted by Gasteiger charge is -2.49. The van der Waals surface area contributed by atoms with E-state index in [-0.39, 0.29) is 0 Å². The van der Waals surface area contributed by atoms with E-state index in [0.29, 0.717) is 0 Å². The molecule has 1 fully saturated rings. The quantitative estimate of drug-likeness (QED) is 0.626. The Morgan fingerprint density at radius 3 is 0.889 bits per heavy atom. The topological polar surface area (TPSA) is 18.5 Å². The van der Waals surface area contributed by atoms with Crippen molar-refractivity contribution in [1.82, 2.24) is 0 Å². The van der Waals surface area contributed by atoms with Crippen LogP contribution in [0.25, 0.3) is 0 Å². The van der Waals surface area contributed by atoms with Gasteiger partial charge in [-0.3, -0.25) is 0 Å². The predicted octanol–water partition coefficient (Wildman–Crippen LogP) is 4.12. The van der Waals surface area contributed by atoms with Crippen molar-refractivity contribution in [3.05, 3.63) is 22.8 Å². The Kier molecular flexibility index (Phi) is 3.98. The lowest BCUT2D eigenvalue weighted by molar-refractivity contribution is 0.530. The second-order valence-electron chi connectivity index (χ2n) is 7.20. The van der Waals surface area contributed by atoms with Crippen LogP contribution in [0.3, 0.4) is 0 Å². The van der Waals surface area contributed by atoms with Crippen LogP contribution >= 0.6 is 0 Å². The van der Waals surface area contributed by atoms with Gasteiger partial charge in [-0.15, -0.1) is 13.2 Å². The van der Waals surface area contributed by atoms with E-state index in [2.05, 4.69) is 65.5 Å². The fourth-order valence-corrected chi connectivity index (χ4v) is 28.6. The highest BCUT2D eigenvalue weighted by Crippen LogP contribution is 2.38. The molecule has 0 aromatic rings.